The molecule has 0 aliphatic rings. The Morgan fingerprint density at radius 2 is 2.12 bits per heavy atom. The van der Waals surface area contributed by atoms with Gasteiger partial charge in [0.1, 0.15) is 11.4 Å². The zero-order valence-corrected chi connectivity index (χ0v) is 9.69. The molecular weight excluding hydrogens is 208 g/mol. The van der Waals surface area contributed by atoms with Gasteiger partial charge in [0.2, 0.25) is 0 Å². The zero-order chi connectivity index (χ0) is 12.2. The van der Waals surface area contributed by atoms with Crippen LogP contribution in [0, 0.1) is 0 Å². The van der Waals surface area contributed by atoms with Gasteiger partial charge >= 0.3 is 5.97 Å². The Labute approximate surface area is 94.7 Å². The van der Waals surface area contributed by atoms with E-state index in [-0.39, 0.29) is 5.97 Å². The van der Waals surface area contributed by atoms with E-state index in [2.05, 4.69) is 4.89 Å². The van der Waals surface area contributed by atoms with E-state index < -0.39 is 5.60 Å². The molecule has 0 saturated heterocycles. The molecule has 0 saturated carbocycles. The van der Waals surface area contributed by atoms with Crippen LogP contribution in [0.25, 0.3) is 0 Å². The van der Waals surface area contributed by atoms with Gasteiger partial charge in [-0.25, -0.2) is 4.89 Å². The number of carbonyl (C=O) groups excluding carboxylic acids is 1. The fourth-order valence-corrected chi connectivity index (χ4v) is 1.19. The fourth-order valence-electron chi connectivity index (χ4n) is 1.19. The van der Waals surface area contributed by atoms with Crippen molar-refractivity contribution in [2.45, 2.75) is 32.8 Å². The lowest BCUT2D eigenvalue weighted by Crippen LogP contribution is -2.19. The zero-order valence-electron chi connectivity index (χ0n) is 9.69. The molecule has 1 aromatic carbocycles. The Morgan fingerprint density at radius 1 is 1.44 bits per heavy atom. The van der Waals surface area contributed by atoms with E-state index in [0.29, 0.717) is 12.2 Å². The summed E-state index contributed by atoms with van der Waals surface area (Å²) in [7, 11) is 0. The van der Waals surface area contributed by atoms with Crippen LogP contribution >= 0.6 is 0 Å². The van der Waals surface area contributed by atoms with E-state index in [9.17, 15) is 4.79 Å². The molecule has 0 aliphatic carbocycles. The molecule has 0 aliphatic heterocycles. The maximum atomic E-state index is 11.1. The lowest BCUT2D eigenvalue weighted by Gasteiger charge is -2.21. The summed E-state index contributed by atoms with van der Waals surface area (Å²) in [5, 5.41) is 8.76. The number of esters is 1. The molecule has 0 aromatic heterocycles. The fraction of sp³-hybridized carbons (Fsp3) is 0.417. The summed E-state index contributed by atoms with van der Waals surface area (Å²) in [5.41, 5.74) is -0.0920. The van der Waals surface area contributed by atoms with Gasteiger partial charge in [0.25, 0.3) is 0 Å². The van der Waals surface area contributed by atoms with E-state index in [4.69, 9.17) is 9.99 Å². The third-order valence-electron chi connectivity index (χ3n) is 2.28. The first-order valence-electron chi connectivity index (χ1n) is 5.13. The van der Waals surface area contributed by atoms with Crippen LogP contribution in [0.1, 0.15) is 32.8 Å². The molecule has 0 unspecified atom stereocenters. The summed E-state index contributed by atoms with van der Waals surface area (Å²) in [6.45, 7) is 5.16. The number of hydrogen-bond acceptors (Lipinski definition) is 4. The maximum Gasteiger partial charge on any atom is 0.310 e. The van der Waals surface area contributed by atoms with Crippen molar-refractivity contribution in [3.63, 3.8) is 0 Å². The standard InChI is InChI=1S/C12H16O4/c1-4-11(13)15-10-7-5-6-9(8-10)12(2,3)16-14/h5-8,14H,4H2,1-3H3. The van der Waals surface area contributed by atoms with Crippen molar-refractivity contribution in [2.24, 2.45) is 0 Å². The summed E-state index contributed by atoms with van der Waals surface area (Å²) in [6, 6.07) is 6.89. The molecule has 4 heteroatoms. The van der Waals surface area contributed by atoms with E-state index in [0.717, 1.165) is 5.56 Å². The van der Waals surface area contributed by atoms with Gasteiger partial charge in [-0.15, -0.1) is 0 Å². The molecule has 16 heavy (non-hydrogen) atoms. The van der Waals surface area contributed by atoms with Crippen molar-refractivity contribution in [3.05, 3.63) is 29.8 Å². The summed E-state index contributed by atoms with van der Waals surface area (Å²) in [5.74, 6) is 0.161. The summed E-state index contributed by atoms with van der Waals surface area (Å²) >= 11 is 0. The number of ether oxygens (including phenoxy) is 1. The Morgan fingerprint density at radius 3 is 2.69 bits per heavy atom. The Balaban J connectivity index is 2.91. The van der Waals surface area contributed by atoms with Crippen LogP contribution in [-0.2, 0) is 15.3 Å². The summed E-state index contributed by atoms with van der Waals surface area (Å²) < 4.78 is 5.07. The van der Waals surface area contributed by atoms with Gasteiger partial charge in [-0.3, -0.25) is 10.1 Å². The second kappa shape index (κ2) is 5.09. The minimum Gasteiger partial charge on any atom is -0.427 e. The van der Waals surface area contributed by atoms with Crippen LogP contribution in [0.3, 0.4) is 0 Å². The van der Waals surface area contributed by atoms with Crippen LogP contribution in [0.2, 0.25) is 0 Å². The molecule has 1 rings (SSSR count). The molecule has 0 spiro atoms. The number of benzene rings is 1. The predicted octanol–water partition coefficient (Wildman–Crippen LogP) is 2.73. The van der Waals surface area contributed by atoms with Crippen LogP contribution in [-0.4, -0.2) is 11.2 Å². The van der Waals surface area contributed by atoms with E-state index >= 15 is 0 Å². The van der Waals surface area contributed by atoms with Crippen molar-refractivity contribution in [1.82, 2.24) is 0 Å². The molecule has 0 heterocycles. The van der Waals surface area contributed by atoms with Gasteiger partial charge in [-0.2, -0.15) is 0 Å². The van der Waals surface area contributed by atoms with E-state index in [1.807, 2.05) is 0 Å². The second-order valence-corrected chi connectivity index (χ2v) is 3.96. The topological polar surface area (TPSA) is 55.8 Å². The van der Waals surface area contributed by atoms with Gasteiger partial charge in [0.05, 0.1) is 0 Å². The summed E-state index contributed by atoms with van der Waals surface area (Å²) in [6.07, 6.45) is 0.324. The van der Waals surface area contributed by atoms with Gasteiger partial charge in [-0.1, -0.05) is 19.1 Å². The van der Waals surface area contributed by atoms with Gasteiger partial charge in [0.15, 0.2) is 0 Å². The van der Waals surface area contributed by atoms with Crippen molar-refractivity contribution in [1.29, 1.82) is 0 Å². The van der Waals surface area contributed by atoms with Gasteiger partial charge in [-0.05, 0) is 31.5 Å². The Kier molecular flexibility index (Phi) is 4.04. The number of hydrogen-bond donors (Lipinski definition) is 1. The molecule has 0 bridgehead atoms. The van der Waals surface area contributed by atoms with Crippen LogP contribution in [0.4, 0.5) is 0 Å². The van der Waals surface area contributed by atoms with Crippen molar-refractivity contribution < 1.29 is 19.7 Å². The first-order chi connectivity index (χ1) is 7.49. The van der Waals surface area contributed by atoms with Crippen molar-refractivity contribution in [3.8, 4) is 5.75 Å². The van der Waals surface area contributed by atoms with Gasteiger partial charge < -0.3 is 4.74 Å². The average molecular weight is 224 g/mol. The highest BCUT2D eigenvalue weighted by atomic mass is 17.1. The second-order valence-electron chi connectivity index (χ2n) is 3.96. The highest BCUT2D eigenvalue weighted by Gasteiger charge is 2.22. The molecule has 0 amide bonds. The van der Waals surface area contributed by atoms with E-state index in [1.54, 1.807) is 45.0 Å². The van der Waals surface area contributed by atoms with Crippen molar-refractivity contribution >= 4 is 5.97 Å². The minimum absolute atomic E-state index is 0.292. The highest BCUT2D eigenvalue weighted by molar-refractivity contribution is 5.71. The quantitative estimate of drug-likeness (QED) is 0.370. The average Bonchev–Trinajstić information content (AvgIpc) is 2.29. The van der Waals surface area contributed by atoms with Crippen LogP contribution in [0.15, 0.2) is 24.3 Å². The lowest BCUT2D eigenvalue weighted by molar-refractivity contribution is -0.318. The highest BCUT2D eigenvalue weighted by Crippen LogP contribution is 2.26. The molecule has 1 aromatic rings. The molecule has 4 nitrogen and oxygen atoms in total. The number of rotatable bonds is 4. The molecular formula is C12H16O4. The number of carbonyl (C=O) groups is 1. The van der Waals surface area contributed by atoms with Crippen LogP contribution < -0.4 is 4.74 Å². The molecule has 88 valence electrons. The molecule has 0 radical (unpaired) electrons. The molecule has 0 atom stereocenters. The first-order valence-corrected chi connectivity index (χ1v) is 5.13. The van der Waals surface area contributed by atoms with E-state index in [1.165, 1.54) is 0 Å². The third kappa shape index (κ3) is 3.05. The van der Waals surface area contributed by atoms with Crippen molar-refractivity contribution in [2.75, 3.05) is 0 Å². The largest absolute Gasteiger partial charge is 0.427 e. The molecule has 1 N–H and O–H groups in total. The normalized spacial score (nSPS) is 11.2. The first kappa shape index (κ1) is 12.7. The smallest absolute Gasteiger partial charge is 0.310 e. The minimum atomic E-state index is -0.825. The third-order valence-corrected chi connectivity index (χ3v) is 2.28. The van der Waals surface area contributed by atoms with Crippen LogP contribution in [0.5, 0.6) is 5.75 Å². The SMILES string of the molecule is CCC(=O)Oc1cccc(C(C)(C)OO)c1. The monoisotopic (exact) mass is 224 g/mol. The maximum absolute atomic E-state index is 11.1. The Hall–Kier alpha value is -1.39. The lowest BCUT2D eigenvalue weighted by atomic mass is 9.98. The molecule has 0 fully saturated rings. The summed E-state index contributed by atoms with van der Waals surface area (Å²) in [4.78, 5) is 15.5. The van der Waals surface area contributed by atoms with Gasteiger partial charge in [0, 0.05) is 6.42 Å². The predicted molar refractivity (Wildman–Crippen MR) is 59.1 cm³/mol. The Bertz CT molecular complexity index is 371.